The van der Waals surface area contributed by atoms with Crippen molar-refractivity contribution in [1.82, 2.24) is 0 Å². The Bertz CT molecular complexity index is 744. The lowest BCUT2D eigenvalue weighted by molar-refractivity contribution is -0.194. The van der Waals surface area contributed by atoms with E-state index in [-0.39, 0.29) is 4.90 Å². The van der Waals surface area contributed by atoms with Crippen molar-refractivity contribution in [1.29, 1.82) is 0 Å². The van der Waals surface area contributed by atoms with Crippen molar-refractivity contribution in [3.63, 3.8) is 0 Å². The van der Waals surface area contributed by atoms with E-state index in [1.807, 2.05) is 6.07 Å². The Balaban J connectivity index is 2.02. The van der Waals surface area contributed by atoms with Crippen molar-refractivity contribution in [2.75, 3.05) is 10.8 Å². The van der Waals surface area contributed by atoms with Crippen molar-refractivity contribution in [3.05, 3.63) is 54.1 Å². The summed E-state index contributed by atoms with van der Waals surface area (Å²) in [6, 6.07) is 13.7. The molecule has 0 saturated heterocycles. The molecule has 0 aliphatic carbocycles. The Morgan fingerprint density at radius 1 is 1.14 bits per heavy atom. The molecule has 0 radical (unpaired) electrons. The van der Waals surface area contributed by atoms with Crippen molar-refractivity contribution >= 4 is 15.7 Å². The van der Waals surface area contributed by atoms with Gasteiger partial charge in [-0.3, -0.25) is 4.31 Å². The van der Waals surface area contributed by atoms with Crippen LogP contribution in [-0.2, 0) is 21.5 Å². The summed E-state index contributed by atoms with van der Waals surface area (Å²) in [6.45, 7) is 2.51. The van der Waals surface area contributed by atoms with E-state index in [0.717, 1.165) is 5.56 Å². The number of sulfonamides is 1. The third-order valence-corrected chi connectivity index (χ3v) is 5.24. The molecule has 0 spiro atoms. The van der Waals surface area contributed by atoms with Crippen molar-refractivity contribution < 1.29 is 18.2 Å². The first-order valence-corrected chi connectivity index (χ1v) is 8.07. The van der Waals surface area contributed by atoms with Gasteiger partial charge in [-0.25, -0.2) is 8.42 Å². The number of benzene rings is 2. The highest BCUT2D eigenvalue weighted by atomic mass is 32.2. The summed E-state index contributed by atoms with van der Waals surface area (Å²) >= 11 is 0. The second kappa shape index (κ2) is 5.38. The topological polar surface area (TPSA) is 55.8 Å². The van der Waals surface area contributed by atoms with E-state index >= 15 is 0 Å². The third-order valence-electron chi connectivity index (χ3n) is 3.32. The molecule has 5 nitrogen and oxygen atoms in total. The summed E-state index contributed by atoms with van der Waals surface area (Å²) < 4.78 is 26.8. The van der Waals surface area contributed by atoms with Crippen molar-refractivity contribution in [2.24, 2.45) is 0 Å². The second-order valence-electron chi connectivity index (χ2n) is 4.62. The highest BCUT2D eigenvalue weighted by molar-refractivity contribution is 7.92. The van der Waals surface area contributed by atoms with Gasteiger partial charge in [-0.2, -0.15) is 4.89 Å². The van der Waals surface area contributed by atoms with Gasteiger partial charge in [-0.05, 0) is 25.1 Å². The fraction of sp³-hybridized carbons (Fsp3) is 0.200. The molecule has 0 amide bonds. The van der Waals surface area contributed by atoms with Crippen LogP contribution in [0.2, 0.25) is 0 Å². The smallest absolute Gasteiger partial charge is 0.264 e. The van der Waals surface area contributed by atoms with Crippen LogP contribution in [0.4, 0.5) is 5.69 Å². The van der Waals surface area contributed by atoms with Crippen LogP contribution in [-0.4, -0.2) is 15.0 Å². The largest absolute Gasteiger partial charge is 0.337 e. The second-order valence-corrected chi connectivity index (χ2v) is 6.48. The van der Waals surface area contributed by atoms with E-state index < -0.39 is 10.0 Å². The minimum absolute atomic E-state index is 0.268. The maximum absolute atomic E-state index is 12.7. The van der Waals surface area contributed by atoms with Crippen molar-refractivity contribution in [3.8, 4) is 5.75 Å². The van der Waals surface area contributed by atoms with Gasteiger partial charge in [0.25, 0.3) is 10.0 Å². The van der Waals surface area contributed by atoms with Crippen LogP contribution in [0.1, 0.15) is 12.5 Å². The lowest BCUT2D eigenvalue weighted by Gasteiger charge is -2.23. The van der Waals surface area contributed by atoms with Crippen molar-refractivity contribution in [2.45, 2.75) is 18.4 Å². The molecule has 2 aromatic rings. The molecule has 0 bridgehead atoms. The van der Waals surface area contributed by atoms with E-state index in [1.165, 1.54) is 4.31 Å². The predicted octanol–water partition coefficient (Wildman–Crippen LogP) is 2.73. The van der Waals surface area contributed by atoms with Crippen LogP contribution in [0.3, 0.4) is 0 Å². The quantitative estimate of drug-likeness (QED) is 0.815. The number of nitrogens with zero attached hydrogens (tertiary/aromatic N) is 1. The van der Waals surface area contributed by atoms with E-state index in [9.17, 15) is 8.42 Å². The summed E-state index contributed by atoms with van der Waals surface area (Å²) in [4.78, 5) is 10.2. The minimum Gasteiger partial charge on any atom is -0.337 e. The number of hydrogen-bond acceptors (Lipinski definition) is 4. The Morgan fingerprint density at radius 2 is 1.90 bits per heavy atom. The first kappa shape index (κ1) is 13.9. The van der Waals surface area contributed by atoms with E-state index in [0.29, 0.717) is 24.6 Å². The molecular formula is C15H15NO4S. The van der Waals surface area contributed by atoms with Gasteiger partial charge in [0.05, 0.1) is 10.6 Å². The fourth-order valence-corrected chi connectivity index (χ4v) is 3.75. The van der Waals surface area contributed by atoms with Gasteiger partial charge in [-0.1, -0.05) is 24.3 Å². The molecule has 1 aliphatic heterocycles. The van der Waals surface area contributed by atoms with E-state index in [1.54, 1.807) is 49.4 Å². The molecule has 110 valence electrons. The Morgan fingerprint density at radius 3 is 2.62 bits per heavy atom. The predicted molar refractivity (Wildman–Crippen MR) is 78.5 cm³/mol. The van der Waals surface area contributed by atoms with Crippen LogP contribution in [0.25, 0.3) is 0 Å². The molecule has 0 unspecified atom stereocenters. The molecule has 21 heavy (non-hydrogen) atoms. The Hall–Kier alpha value is -2.05. The van der Waals surface area contributed by atoms with Gasteiger partial charge in [0.15, 0.2) is 5.75 Å². The normalized spacial score (nSPS) is 13.6. The molecule has 3 rings (SSSR count). The molecule has 0 fully saturated rings. The van der Waals surface area contributed by atoms with Crippen LogP contribution < -0.4 is 9.19 Å². The summed E-state index contributed by atoms with van der Waals surface area (Å²) in [5, 5.41) is 0. The zero-order valence-electron chi connectivity index (χ0n) is 11.5. The zero-order valence-corrected chi connectivity index (χ0v) is 12.3. The Labute approximate surface area is 123 Å². The molecule has 0 atom stereocenters. The van der Waals surface area contributed by atoms with Gasteiger partial charge in [0.1, 0.15) is 6.61 Å². The maximum Gasteiger partial charge on any atom is 0.264 e. The average Bonchev–Trinajstić information content (AvgIpc) is 2.96. The standard InChI is InChI=1S/C15H15NO4S/c1-2-16(21(17,18)14-6-4-3-5-7-14)13-9-8-12-11-19-20-15(12)10-13/h3-10H,2,11H2,1H3. The SMILES string of the molecule is CCN(c1ccc2c(c1)OOC2)S(=O)(=O)c1ccccc1. The van der Waals surface area contributed by atoms with Crippen LogP contribution in [0, 0.1) is 0 Å². The van der Waals surface area contributed by atoms with Crippen LogP contribution in [0.15, 0.2) is 53.4 Å². The first-order valence-electron chi connectivity index (χ1n) is 6.63. The highest BCUT2D eigenvalue weighted by Crippen LogP contribution is 2.32. The first-order chi connectivity index (χ1) is 10.1. The molecule has 1 aliphatic rings. The molecule has 0 aromatic heterocycles. The molecule has 2 aromatic carbocycles. The summed E-state index contributed by atoms with van der Waals surface area (Å²) in [7, 11) is -3.58. The zero-order chi connectivity index (χ0) is 14.9. The van der Waals surface area contributed by atoms with Gasteiger partial charge < -0.3 is 4.89 Å². The average molecular weight is 305 g/mol. The highest BCUT2D eigenvalue weighted by Gasteiger charge is 2.25. The summed E-state index contributed by atoms with van der Waals surface area (Å²) in [5.41, 5.74) is 1.47. The minimum atomic E-state index is -3.58. The van der Waals surface area contributed by atoms with Gasteiger partial charge in [0, 0.05) is 18.2 Å². The third kappa shape index (κ3) is 2.48. The van der Waals surface area contributed by atoms with Crippen LogP contribution in [0.5, 0.6) is 5.75 Å². The van der Waals surface area contributed by atoms with E-state index in [4.69, 9.17) is 9.78 Å². The number of fused-ring (bicyclic) bond motifs is 1. The molecular weight excluding hydrogens is 290 g/mol. The molecule has 0 N–H and O–H groups in total. The lowest BCUT2D eigenvalue weighted by atomic mass is 10.2. The Kier molecular flexibility index (Phi) is 3.57. The number of anilines is 1. The number of hydrogen-bond donors (Lipinski definition) is 0. The monoisotopic (exact) mass is 305 g/mol. The maximum atomic E-state index is 12.7. The summed E-state index contributed by atoms with van der Waals surface area (Å²) in [6.07, 6.45) is 0. The van der Waals surface area contributed by atoms with E-state index in [2.05, 4.69) is 0 Å². The van der Waals surface area contributed by atoms with Gasteiger partial charge in [0.2, 0.25) is 0 Å². The number of rotatable bonds is 4. The lowest BCUT2D eigenvalue weighted by Crippen LogP contribution is -2.30. The van der Waals surface area contributed by atoms with Gasteiger partial charge >= 0.3 is 0 Å². The molecule has 0 saturated carbocycles. The fourth-order valence-electron chi connectivity index (χ4n) is 2.26. The molecule has 1 heterocycles. The van der Waals surface area contributed by atoms with Gasteiger partial charge in [-0.15, -0.1) is 0 Å². The summed E-state index contributed by atoms with van der Waals surface area (Å²) in [5.74, 6) is 0.564. The molecule has 6 heteroatoms. The van der Waals surface area contributed by atoms with Crippen LogP contribution >= 0.6 is 0 Å².